The molecule has 2 atom stereocenters. The van der Waals surface area contributed by atoms with Crippen molar-refractivity contribution in [3.63, 3.8) is 0 Å². The first-order valence-corrected chi connectivity index (χ1v) is 12.2. The highest BCUT2D eigenvalue weighted by atomic mass is 79.9. The van der Waals surface area contributed by atoms with E-state index < -0.39 is 53.1 Å². The molecule has 3 rings (SSSR count). The van der Waals surface area contributed by atoms with Crippen LogP contribution in [0, 0.1) is 0 Å². The number of methoxy groups -OCH3 is 1. The first-order chi connectivity index (χ1) is 16.1. The van der Waals surface area contributed by atoms with Crippen LogP contribution < -0.4 is 5.32 Å². The number of nitrogens with zero attached hydrogens (tertiary/aromatic N) is 1. The number of fused-ring (bicyclic) bond motifs is 1. The molecule has 1 N–H and O–H groups in total. The van der Waals surface area contributed by atoms with Gasteiger partial charge in [-0.2, -0.15) is 0 Å². The smallest absolute Gasteiger partial charge is 0.355 e. The molecule has 0 aliphatic carbocycles. The van der Waals surface area contributed by atoms with E-state index >= 15 is 0 Å². The maximum Gasteiger partial charge on any atom is 0.355 e. The maximum atomic E-state index is 13.1. The zero-order valence-electron chi connectivity index (χ0n) is 18.1. The number of hydrogen-bond donors (Lipinski definition) is 1. The van der Waals surface area contributed by atoms with Gasteiger partial charge < -0.3 is 19.5 Å². The Labute approximate surface area is 212 Å². The van der Waals surface area contributed by atoms with Crippen molar-refractivity contribution < 1.29 is 38.2 Å². The summed E-state index contributed by atoms with van der Waals surface area (Å²) in [5.74, 6) is -3.54. The summed E-state index contributed by atoms with van der Waals surface area (Å²) in [6.07, 6.45) is 0. The Morgan fingerprint density at radius 2 is 1.91 bits per heavy atom. The highest BCUT2D eigenvalue weighted by Gasteiger charge is 2.66. The van der Waals surface area contributed by atoms with E-state index in [2.05, 4.69) is 21.2 Å². The van der Waals surface area contributed by atoms with E-state index in [9.17, 15) is 24.0 Å². The summed E-state index contributed by atoms with van der Waals surface area (Å²) < 4.78 is 16.4. The third-order valence-corrected chi connectivity index (χ3v) is 7.17. The lowest BCUT2D eigenvalue weighted by atomic mass is 9.98. The van der Waals surface area contributed by atoms with Gasteiger partial charge in [0.05, 0.1) is 0 Å². The van der Waals surface area contributed by atoms with Crippen molar-refractivity contribution in [2.24, 2.45) is 0 Å². The van der Waals surface area contributed by atoms with Crippen LogP contribution >= 0.6 is 39.3 Å². The Morgan fingerprint density at radius 1 is 1.24 bits per heavy atom. The number of carbonyl (C=O) groups excluding carboxylic acids is 5. The van der Waals surface area contributed by atoms with Crippen LogP contribution in [0.1, 0.15) is 17.3 Å². The summed E-state index contributed by atoms with van der Waals surface area (Å²) in [5.41, 5.74) is -1.22. The number of hydrogen-bond acceptors (Lipinski definition) is 9. The van der Waals surface area contributed by atoms with E-state index in [1.165, 1.54) is 25.8 Å². The molecule has 1 fully saturated rings. The zero-order valence-corrected chi connectivity index (χ0v) is 21.3. The Kier molecular flexibility index (Phi) is 8.39. The molecule has 2 aliphatic rings. The second-order valence-electron chi connectivity index (χ2n) is 7.20. The SMILES string of the molecule is CO[C@@]1(NC(=O)CCl)C(=O)N2C(C(=O)OCC(=O)c3ccc(Br)cc3)=C(COC(C)=O)CS[C@@H]21. The van der Waals surface area contributed by atoms with E-state index in [0.717, 1.165) is 9.37 Å². The van der Waals surface area contributed by atoms with E-state index in [0.29, 0.717) is 11.1 Å². The fraction of sp³-hybridized carbons (Fsp3) is 0.381. The van der Waals surface area contributed by atoms with Gasteiger partial charge in [0.25, 0.3) is 11.6 Å². The molecule has 1 aromatic rings. The number of nitrogens with one attached hydrogen (secondary N) is 1. The normalized spacial score (nSPS) is 21.4. The number of esters is 2. The summed E-state index contributed by atoms with van der Waals surface area (Å²) in [7, 11) is 1.25. The number of halogens is 2. The van der Waals surface area contributed by atoms with Gasteiger partial charge in [-0.05, 0) is 12.1 Å². The number of amides is 2. The molecule has 0 aromatic heterocycles. The Balaban J connectivity index is 1.84. The van der Waals surface area contributed by atoms with Crippen LogP contribution in [0.3, 0.4) is 0 Å². The van der Waals surface area contributed by atoms with Gasteiger partial charge in [0.1, 0.15) is 23.6 Å². The average molecular weight is 576 g/mol. The molecular weight excluding hydrogens is 556 g/mol. The number of thioether (sulfide) groups is 1. The highest BCUT2D eigenvalue weighted by molar-refractivity contribution is 9.10. The number of ketones is 1. The number of ether oxygens (including phenoxy) is 3. The summed E-state index contributed by atoms with van der Waals surface area (Å²) in [6.45, 7) is 0.391. The van der Waals surface area contributed by atoms with Gasteiger partial charge >= 0.3 is 11.9 Å². The van der Waals surface area contributed by atoms with E-state index in [4.69, 9.17) is 25.8 Å². The zero-order chi connectivity index (χ0) is 25.0. The summed E-state index contributed by atoms with van der Waals surface area (Å²) >= 11 is 10.0. The molecule has 0 unspecified atom stereocenters. The first kappa shape index (κ1) is 26.2. The molecule has 13 heteroatoms. The lowest BCUT2D eigenvalue weighted by Gasteiger charge is -2.55. The summed E-state index contributed by atoms with van der Waals surface area (Å²) in [4.78, 5) is 62.9. The molecule has 1 saturated heterocycles. The number of Topliss-reactive ketones (excluding diaryl/α,β-unsaturated/α-hetero) is 1. The van der Waals surface area contributed by atoms with Gasteiger partial charge in [-0.3, -0.25) is 24.1 Å². The molecule has 2 heterocycles. The van der Waals surface area contributed by atoms with Gasteiger partial charge in [-0.1, -0.05) is 28.1 Å². The second-order valence-corrected chi connectivity index (χ2v) is 9.45. The van der Waals surface area contributed by atoms with Gasteiger partial charge in [-0.15, -0.1) is 23.4 Å². The molecule has 182 valence electrons. The monoisotopic (exact) mass is 574 g/mol. The Morgan fingerprint density at radius 3 is 2.50 bits per heavy atom. The van der Waals surface area contributed by atoms with Crippen molar-refractivity contribution in [1.82, 2.24) is 10.2 Å². The predicted octanol–water partition coefficient (Wildman–Crippen LogP) is 1.61. The largest absolute Gasteiger partial charge is 0.461 e. The van der Waals surface area contributed by atoms with Crippen LogP contribution in [0.5, 0.6) is 0 Å². The lowest BCUT2D eigenvalue weighted by Crippen LogP contribution is -2.80. The third-order valence-electron chi connectivity index (χ3n) is 5.02. The van der Waals surface area contributed by atoms with Gasteiger partial charge in [0.15, 0.2) is 12.4 Å². The average Bonchev–Trinajstić information content (AvgIpc) is 2.83. The van der Waals surface area contributed by atoms with Gasteiger partial charge in [0.2, 0.25) is 5.91 Å². The van der Waals surface area contributed by atoms with Crippen molar-refractivity contribution in [3.8, 4) is 0 Å². The van der Waals surface area contributed by atoms with Crippen LogP contribution in [0.15, 0.2) is 40.0 Å². The predicted molar refractivity (Wildman–Crippen MR) is 125 cm³/mol. The molecular formula is C21H20BrClN2O8S. The quantitative estimate of drug-likeness (QED) is 0.154. The number of alkyl halides is 1. The standard InChI is InChI=1S/C21H20BrClN2O8S/c1-11(26)32-8-13-10-34-20-21(31-2,24-16(28)7-23)19(30)25(20)17(13)18(29)33-9-15(27)12-3-5-14(22)6-4-12/h3-6,20H,7-10H2,1-2H3,(H,24,28)/t20-,21+/m1/s1. The van der Waals surface area contributed by atoms with Crippen molar-refractivity contribution in [2.75, 3.05) is 32.0 Å². The molecule has 2 aliphatic heterocycles. The number of carbonyl (C=O) groups is 5. The van der Waals surface area contributed by atoms with Crippen molar-refractivity contribution in [1.29, 1.82) is 0 Å². The second kappa shape index (κ2) is 10.9. The Hall–Kier alpha value is -2.41. The van der Waals surface area contributed by atoms with E-state index in [1.807, 2.05) is 0 Å². The van der Waals surface area contributed by atoms with Gasteiger partial charge in [0, 0.05) is 35.4 Å². The first-order valence-electron chi connectivity index (χ1n) is 9.83. The van der Waals surface area contributed by atoms with Crippen molar-refractivity contribution in [2.45, 2.75) is 18.0 Å². The minimum atomic E-state index is -1.72. The fourth-order valence-electron chi connectivity index (χ4n) is 3.39. The van der Waals surface area contributed by atoms with Crippen LogP contribution in [0.25, 0.3) is 0 Å². The van der Waals surface area contributed by atoms with Gasteiger partial charge in [-0.25, -0.2) is 4.79 Å². The highest BCUT2D eigenvalue weighted by Crippen LogP contribution is 2.46. The topological polar surface area (TPSA) is 128 Å². The number of rotatable bonds is 9. The third kappa shape index (κ3) is 5.14. The van der Waals surface area contributed by atoms with E-state index in [-0.39, 0.29) is 18.1 Å². The maximum absolute atomic E-state index is 13.1. The molecule has 0 bridgehead atoms. The fourth-order valence-corrected chi connectivity index (χ4v) is 5.14. The molecule has 34 heavy (non-hydrogen) atoms. The molecule has 0 spiro atoms. The molecule has 0 radical (unpaired) electrons. The van der Waals surface area contributed by atoms with Crippen LogP contribution in [0.4, 0.5) is 0 Å². The lowest BCUT2D eigenvalue weighted by molar-refractivity contribution is -0.192. The number of β-lactam (4-membered cyclic amide) rings is 1. The molecule has 10 nitrogen and oxygen atoms in total. The molecule has 2 amide bonds. The van der Waals surface area contributed by atoms with Crippen LogP contribution in [-0.4, -0.2) is 77.5 Å². The minimum absolute atomic E-state index is 0.161. The van der Waals surface area contributed by atoms with Crippen LogP contribution in [0.2, 0.25) is 0 Å². The molecule has 1 aromatic carbocycles. The van der Waals surface area contributed by atoms with E-state index in [1.54, 1.807) is 24.3 Å². The van der Waals surface area contributed by atoms with Crippen molar-refractivity contribution >= 4 is 68.8 Å². The number of benzene rings is 1. The summed E-state index contributed by atoms with van der Waals surface area (Å²) in [5, 5.41) is 1.65. The summed E-state index contributed by atoms with van der Waals surface area (Å²) in [6, 6.07) is 6.50. The minimum Gasteiger partial charge on any atom is -0.461 e. The Bertz CT molecular complexity index is 1060. The molecule has 0 saturated carbocycles. The van der Waals surface area contributed by atoms with Crippen LogP contribution in [-0.2, 0) is 33.4 Å². The van der Waals surface area contributed by atoms with Crippen molar-refractivity contribution in [3.05, 3.63) is 45.6 Å².